The maximum absolute atomic E-state index is 14.6. The highest BCUT2D eigenvalue weighted by Crippen LogP contribution is 2.42. The summed E-state index contributed by atoms with van der Waals surface area (Å²) in [6, 6.07) is 20.9. The average Bonchev–Trinajstić information content (AvgIpc) is 3.67. The van der Waals surface area contributed by atoms with E-state index in [1.54, 1.807) is 39.0 Å². The molecule has 5 atom stereocenters. The Hall–Kier alpha value is -3.97. The first-order chi connectivity index (χ1) is 23.8. The van der Waals surface area contributed by atoms with Crippen LogP contribution >= 0.6 is 0 Å². The molecule has 11 nitrogen and oxygen atoms in total. The van der Waals surface area contributed by atoms with Gasteiger partial charge in [0, 0.05) is 38.8 Å². The maximum Gasteiger partial charge on any atom is 0.209 e. The van der Waals surface area contributed by atoms with E-state index >= 15 is 0 Å². The van der Waals surface area contributed by atoms with Gasteiger partial charge in [-0.3, -0.25) is 4.68 Å². The van der Waals surface area contributed by atoms with Crippen LogP contribution in [0.4, 0.5) is 5.69 Å². The quantitative estimate of drug-likeness (QED) is 0.171. The second-order valence-corrected chi connectivity index (χ2v) is 14.9. The second-order valence-electron chi connectivity index (χ2n) is 13.0. The molecule has 0 bridgehead atoms. The highest BCUT2D eigenvalue weighted by molar-refractivity contribution is 7.91. The Balaban J connectivity index is 1.35. The highest BCUT2D eigenvalue weighted by atomic mass is 32.2. The van der Waals surface area contributed by atoms with Crippen molar-refractivity contribution in [2.75, 3.05) is 52.0 Å². The lowest BCUT2D eigenvalue weighted by atomic mass is 9.82. The lowest BCUT2D eigenvalue weighted by Gasteiger charge is -2.40. The number of benzene rings is 3. The van der Waals surface area contributed by atoms with Gasteiger partial charge in [-0.2, -0.15) is 5.10 Å². The molecule has 1 fully saturated rings. The van der Waals surface area contributed by atoms with Crippen LogP contribution in [0.2, 0.25) is 0 Å². The normalized spacial score (nSPS) is 20.7. The van der Waals surface area contributed by atoms with Crippen molar-refractivity contribution in [3.8, 4) is 11.5 Å². The molecule has 0 radical (unpaired) electrons. The standard InChI is InChI=1S/C37H47N5O6S/c1-26-6-13-32(14-7-26)49(43,44)37(29-10-15-35-34(21-29)41(17-19-47-35)16-5-18-45-3)48-36-23-39-30(20-27(2)42-25-38-24-40-42)22-33(36)28-8-11-31(46-4)12-9-28/h6-15,21,24-25,27,30,33,36-37,39H,5,16-20,22-23H2,1-4H3/t27?,30-,33+,36-,37?/m0/s1. The molecular formula is C37H47N5O6S. The van der Waals surface area contributed by atoms with Crippen LogP contribution in [0, 0.1) is 6.92 Å². The van der Waals surface area contributed by atoms with E-state index in [0.29, 0.717) is 31.9 Å². The molecule has 49 heavy (non-hydrogen) atoms. The van der Waals surface area contributed by atoms with Crippen LogP contribution in [0.15, 0.2) is 84.3 Å². The topological polar surface area (TPSA) is 117 Å². The van der Waals surface area contributed by atoms with Gasteiger partial charge in [0.05, 0.1) is 36.4 Å². The molecule has 1 aromatic heterocycles. The molecule has 0 aliphatic carbocycles. The number of rotatable bonds is 14. The summed E-state index contributed by atoms with van der Waals surface area (Å²) in [5.74, 6) is 1.42. The molecule has 0 spiro atoms. The molecule has 3 aromatic carbocycles. The van der Waals surface area contributed by atoms with Crippen molar-refractivity contribution in [2.24, 2.45) is 0 Å². The fraction of sp³-hybridized carbons (Fsp3) is 0.459. The molecule has 3 heterocycles. The SMILES string of the molecule is COCCCN1CCOc2ccc(C(O[C@H]3CN[C@@H](CC(C)n4cncn4)C[C@@H]3c3ccc(OC)cc3)S(=O)(=O)c3ccc(C)cc3)cc21. The van der Waals surface area contributed by atoms with Gasteiger partial charge in [-0.1, -0.05) is 35.9 Å². The molecule has 2 aliphatic heterocycles. The zero-order chi connectivity index (χ0) is 34.4. The van der Waals surface area contributed by atoms with Crippen LogP contribution in [0.1, 0.15) is 60.3 Å². The zero-order valence-corrected chi connectivity index (χ0v) is 29.5. The van der Waals surface area contributed by atoms with Gasteiger partial charge in [0.2, 0.25) is 9.84 Å². The number of hydrogen-bond acceptors (Lipinski definition) is 10. The number of aromatic nitrogens is 3. The minimum Gasteiger partial charge on any atom is -0.497 e. The van der Waals surface area contributed by atoms with Crippen molar-refractivity contribution < 1.29 is 27.4 Å². The van der Waals surface area contributed by atoms with Gasteiger partial charge in [0.15, 0.2) is 5.44 Å². The molecule has 12 heteroatoms. The van der Waals surface area contributed by atoms with E-state index < -0.39 is 21.4 Å². The summed E-state index contributed by atoms with van der Waals surface area (Å²) in [5.41, 5.74) is 2.23. The Labute approximate surface area is 289 Å². The van der Waals surface area contributed by atoms with Crippen LogP contribution in [-0.2, 0) is 19.3 Å². The van der Waals surface area contributed by atoms with E-state index in [0.717, 1.165) is 54.1 Å². The summed E-state index contributed by atoms with van der Waals surface area (Å²) < 4.78 is 54.7. The van der Waals surface area contributed by atoms with E-state index in [1.165, 1.54) is 0 Å². The molecule has 2 aliphatic rings. The van der Waals surface area contributed by atoms with Crippen LogP contribution < -0.4 is 19.7 Å². The third-order valence-corrected chi connectivity index (χ3v) is 11.4. The summed E-state index contributed by atoms with van der Waals surface area (Å²) in [6.45, 7) is 7.22. The van der Waals surface area contributed by atoms with E-state index in [2.05, 4.69) is 39.4 Å². The van der Waals surface area contributed by atoms with E-state index in [1.807, 2.05) is 54.1 Å². The van der Waals surface area contributed by atoms with Gasteiger partial charge in [0.25, 0.3) is 0 Å². The van der Waals surface area contributed by atoms with Crippen molar-refractivity contribution >= 4 is 15.5 Å². The summed E-state index contributed by atoms with van der Waals surface area (Å²) in [6.07, 6.45) is 5.27. The van der Waals surface area contributed by atoms with Gasteiger partial charge >= 0.3 is 0 Å². The van der Waals surface area contributed by atoms with Crippen molar-refractivity contribution in [2.45, 2.75) is 67.5 Å². The molecular weight excluding hydrogens is 643 g/mol. The number of sulfone groups is 1. The molecule has 1 saturated heterocycles. The fourth-order valence-corrected chi connectivity index (χ4v) is 8.42. The number of nitrogens with zero attached hydrogens (tertiary/aromatic N) is 4. The van der Waals surface area contributed by atoms with Crippen molar-refractivity contribution in [3.63, 3.8) is 0 Å². The van der Waals surface area contributed by atoms with Crippen LogP contribution in [-0.4, -0.2) is 82.4 Å². The zero-order valence-electron chi connectivity index (χ0n) is 28.7. The summed E-state index contributed by atoms with van der Waals surface area (Å²) >= 11 is 0. The van der Waals surface area contributed by atoms with E-state index in [-0.39, 0.29) is 22.9 Å². The minimum atomic E-state index is -3.98. The Kier molecular flexibility index (Phi) is 11.2. The monoisotopic (exact) mass is 689 g/mol. The smallest absolute Gasteiger partial charge is 0.209 e. The van der Waals surface area contributed by atoms with Gasteiger partial charge in [-0.25, -0.2) is 13.4 Å². The molecule has 1 N–H and O–H groups in total. The molecule has 262 valence electrons. The third kappa shape index (κ3) is 8.09. The Morgan fingerprint density at radius 2 is 1.86 bits per heavy atom. The lowest BCUT2D eigenvalue weighted by Crippen LogP contribution is -2.48. The number of ether oxygens (including phenoxy) is 4. The summed E-state index contributed by atoms with van der Waals surface area (Å²) in [4.78, 5) is 6.57. The highest BCUT2D eigenvalue weighted by Gasteiger charge is 2.39. The molecule has 6 rings (SSSR count). The second kappa shape index (κ2) is 15.7. The number of aryl methyl sites for hydroxylation is 1. The number of hydrogen-bond donors (Lipinski definition) is 1. The Morgan fingerprint density at radius 3 is 2.57 bits per heavy atom. The summed E-state index contributed by atoms with van der Waals surface area (Å²) in [7, 11) is -0.636. The number of nitrogens with one attached hydrogen (secondary N) is 1. The first kappa shape index (κ1) is 34.9. The first-order valence-corrected chi connectivity index (χ1v) is 18.5. The van der Waals surface area contributed by atoms with Crippen LogP contribution in [0.3, 0.4) is 0 Å². The average molecular weight is 690 g/mol. The van der Waals surface area contributed by atoms with Gasteiger partial charge in [-0.15, -0.1) is 0 Å². The predicted octanol–water partition coefficient (Wildman–Crippen LogP) is 5.49. The number of fused-ring (bicyclic) bond motifs is 1. The van der Waals surface area contributed by atoms with Crippen LogP contribution in [0.5, 0.6) is 11.5 Å². The third-order valence-electron chi connectivity index (χ3n) is 9.57. The van der Waals surface area contributed by atoms with Gasteiger partial charge in [-0.05, 0) is 80.6 Å². The molecule has 2 unspecified atom stereocenters. The van der Waals surface area contributed by atoms with Crippen molar-refractivity contribution in [1.29, 1.82) is 0 Å². The largest absolute Gasteiger partial charge is 0.497 e. The summed E-state index contributed by atoms with van der Waals surface area (Å²) in [5, 5.41) is 8.02. The Morgan fingerprint density at radius 1 is 1.06 bits per heavy atom. The van der Waals surface area contributed by atoms with Crippen molar-refractivity contribution in [1.82, 2.24) is 20.1 Å². The predicted molar refractivity (Wildman–Crippen MR) is 188 cm³/mol. The minimum absolute atomic E-state index is 0.0812. The molecule has 0 amide bonds. The maximum atomic E-state index is 14.6. The fourth-order valence-electron chi connectivity index (χ4n) is 6.87. The van der Waals surface area contributed by atoms with Gasteiger partial charge < -0.3 is 29.2 Å². The Bertz CT molecular complexity index is 1750. The number of methoxy groups -OCH3 is 2. The first-order valence-electron chi connectivity index (χ1n) is 16.9. The lowest BCUT2D eigenvalue weighted by molar-refractivity contribution is -0.00755. The molecule has 4 aromatic rings. The van der Waals surface area contributed by atoms with E-state index in [9.17, 15) is 8.42 Å². The van der Waals surface area contributed by atoms with Crippen LogP contribution in [0.25, 0.3) is 0 Å². The molecule has 0 saturated carbocycles. The van der Waals surface area contributed by atoms with Gasteiger partial charge in [0.1, 0.15) is 30.8 Å². The van der Waals surface area contributed by atoms with E-state index in [4.69, 9.17) is 18.9 Å². The van der Waals surface area contributed by atoms with Crippen molar-refractivity contribution in [3.05, 3.63) is 96.1 Å². The number of anilines is 1. The number of piperidine rings is 1.